The molecule has 3 aromatic rings. The van der Waals surface area contributed by atoms with Crippen LogP contribution in [-0.2, 0) is 19.5 Å². The lowest BCUT2D eigenvalue weighted by Gasteiger charge is -2.09. The van der Waals surface area contributed by atoms with Gasteiger partial charge in [0, 0.05) is 37.3 Å². The quantitative estimate of drug-likeness (QED) is 0.725. The maximum atomic E-state index is 4.55. The van der Waals surface area contributed by atoms with Gasteiger partial charge in [0.15, 0.2) is 5.82 Å². The average molecular weight is 296 g/mol. The van der Waals surface area contributed by atoms with Gasteiger partial charge in [-0.25, -0.2) is 15.0 Å². The summed E-state index contributed by atoms with van der Waals surface area (Å²) in [5.41, 5.74) is 3.09. The Hall–Kier alpha value is -2.50. The number of hydrogen-bond acceptors (Lipinski definition) is 4. The second kappa shape index (κ2) is 6.09. The molecule has 0 amide bonds. The predicted octanol–water partition coefficient (Wildman–Crippen LogP) is 2.42. The van der Waals surface area contributed by atoms with E-state index in [1.54, 1.807) is 6.20 Å². The van der Waals surface area contributed by atoms with Crippen molar-refractivity contribution in [2.24, 2.45) is 0 Å². The van der Waals surface area contributed by atoms with Crippen LogP contribution in [0.3, 0.4) is 0 Å². The normalized spacial score (nSPS) is 11.0. The second-order valence-electron chi connectivity index (χ2n) is 5.31. The first kappa shape index (κ1) is 14.4. The van der Waals surface area contributed by atoms with Crippen LogP contribution < -0.4 is 0 Å². The monoisotopic (exact) mass is 296 g/mol. The fourth-order valence-corrected chi connectivity index (χ4v) is 2.52. The van der Waals surface area contributed by atoms with E-state index < -0.39 is 0 Å². The van der Waals surface area contributed by atoms with Crippen LogP contribution in [0, 0.1) is 13.8 Å². The Bertz CT molecular complexity index is 771. The van der Waals surface area contributed by atoms with Gasteiger partial charge in [-0.1, -0.05) is 6.92 Å². The van der Waals surface area contributed by atoms with E-state index in [1.165, 1.54) is 5.69 Å². The largest absolute Gasteiger partial charge is 0.328 e. The van der Waals surface area contributed by atoms with Crippen LogP contribution in [0.15, 0.2) is 30.7 Å². The third-order valence-corrected chi connectivity index (χ3v) is 3.62. The summed E-state index contributed by atoms with van der Waals surface area (Å²) in [7, 11) is 0. The van der Waals surface area contributed by atoms with Crippen LogP contribution in [0.2, 0.25) is 0 Å². The Kier molecular flexibility index (Phi) is 4.00. The highest BCUT2D eigenvalue weighted by Crippen LogP contribution is 2.15. The first-order valence-electron chi connectivity index (χ1n) is 7.52. The minimum absolute atomic E-state index is 0.808. The summed E-state index contributed by atoms with van der Waals surface area (Å²) in [6, 6.07) is 3.99. The Morgan fingerprint density at radius 3 is 2.68 bits per heavy atom. The molecule has 0 aromatic carbocycles. The topological polar surface area (TPSA) is 61.4 Å². The van der Waals surface area contributed by atoms with Gasteiger partial charge in [0.1, 0.15) is 11.5 Å². The van der Waals surface area contributed by atoms with Crippen LogP contribution in [0.4, 0.5) is 0 Å². The zero-order chi connectivity index (χ0) is 15.5. The van der Waals surface area contributed by atoms with Crippen LogP contribution in [0.1, 0.15) is 24.1 Å². The summed E-state index contributed by atoms with van der Waals surface area (Å²) < 4.78 is 4.13. The standard InChI is InChI=1S/C16H20N6/c1-4-15-17-6-5-14(19-15)16-18-7-8-21(16)9-10-22-13(3)11-12(2)20-22/h5-8,11H,4,9-10H2,1-3H3. The van der Waals surface area contributed by atoms with Gasteiger partial charge in [-0.15, -0.1) is 0 Å². The first-order chi connectivity index (χ1) is 10.7. The van der Waals surface area contributed by atoms with E-state index in [1.807, 2.05) is 30.1 Å². The van der Waals surface area contributed by atoms with Crippen molar-refractivity contribution in [3.8, 4) is 11.5 Å². The molecule has 0 radical (unpaired) electrons. The molecule has 0 spiro atoms. The van der Waals surface area contributed by atoms with Gasteiger partial charge in [-0.2, -0.15) is 5.10 Å². The van der Waals surface area contributed by atoms with Crippen molar-refractivity contribution < 1.29 is 0 Å². The minimum Gasteiger partial charge on any atom is -0.328 e. The third kappa shape index (κ3) is 2.90. The third-order valence-electron chi connectivity index (χ3n) is 3.62. The number of imidazole rings is 1. The SMILES string of the molecule is CCc1nccc(-c2nccn2CCn2nc(C)cc2C)n1. The molecule has 0 aliphatic heterocycles. The van der Waals surface area contributed by atoms with Crippen molar-refractivity contribution in [2.45, 2.75) is 40.3 Å². The Labute approximate surface area is 129 Å². The minimum atomic E-state index is 0.808. The molecular formula is C16H20N6. The van der Waals surface area contributed by atoms with Gasteiger partial charge >= 0.3 is 0 Å². The summed E-state index contributed by atoms with van der Waals surface area (Å²) in [5, 5.41) is 4.50. The summed E-state index contributed by atoms with van der Waals surface area (Å²) in [4.78, 5) is 13.2. The van der Waals surface area contributed by atoms with Gasteiger partial charge in [0.25, 0.3) is 0 Å². The molecule has 114 valence electrons. The Balaban J connectivity index is 1.81. The van der Waals surface area contributed by atoms with E-state index in [0.29, 0.717) is 0 Å². The molecule has 0 atom stereocenters. The van der Waals surface area contributed by atoms with Crippen molar-refractivity contribution >= 4 is 0 Å². The Morgan fingerprint density at radius 1 is 1.09 bits per heavy atom. The van der Waals surface area contributed by atoms with Crippen LogP contribution in [-0.4, -0.2) is 29.3 Å². The molecule has 0 aliphatic carbocycles. The van der Waals surface area contributed by atoms with Crippen molar-refractivity contribution in [1.29, 1.82) is 0 Å². The molecule has 6 nitrogen and oxygen atoms in total. The van der Waals surface area contributed by atoms with Crippen molar-refractivity contribution in [1.82, 2.24) is 29.3 Å². The maximum absolute atomic E-state index is 4.55. The number of nitrogens with zero attached hydrogens (tertiary/aromatic N) is 6. The van der Waals surface area contributed by atoms with Gasteiger partial charge < -0.3 is 4.57 Å². The molecule has 3 heterocycles. The zero-order valence-electron chi connectivity index (χ0n) is 13.2. The summed E-state index contributed by atoms with van der Waals surface area (Å²) >= 11 is 0. The molecule has 0 N–H and O–H groups in total. The van der Waals surface area contributed by atoms with Crippen molar-refractivity contribution in [2.75, 3.05) is 0 Å². The van der Waals surface area contributed by atoms with E-state index in [4.69, 9.17) is 0 Å². The molecule has 0 saturated heterocycles. The van der Waals surface area contributed by atoms with E-state index in [0.717, 1.165) is 42.5 Å². The zero-order valence-corrected chi connectivity index (χ0v) is 13.2. The lowest BCUT2D eigenvalue weighted by Crippen LogP contribution is -2.11. The van der Waals surface area contributed by atoms with Gasteiger partial charge in [-0.05, 0) is 26.0 Å². The molecule has 0 aliphatic rings. The molecule has 3 aromatic heterocycles. The number of aryl methyl sites for hydroxylation is 5. The number of hydrogen-bond donors (Lipinski definition) is 0. The number of aromatic nitrogens is 6. The first-order valence-corrected chi connectivity index (χ1v) is 7.52. The van der Waals surface area contributed by atoms with Crippen molar-refractivity contribution in [3.05, 3.63) is 47.9 Å². The summed E-state index contributed by atoms with van der Waals surface area (Å²) in [6.45, 7) is 7.76. The molecule has 3 rings (SSSR count). The average Bonchev–Trinajstić information content (AvgIpc) is 3.11. The molecular weight excluding hydrogens is 276 g/mol. The summed E-state index contributed by atoms with van der Waals surface area (Å²) in [6.07, 6.45) is 6.40. The van der Waals surface area contributed by atoms with Crippen LogP contribution in [0.25, 0.3) is 11.5 Å². The Morgan fingerprint density at radius 2 is 1.95 bits per heavy atom. The van der Waals surface area contributed by atoms with Crippen molar-refractivity contribution in [3.63, 3.8) is 0 Å². The molecule has 0 unspecified atom stereocenters. The lowest BCUT2D eigenvalue weighted by atomic mass is 10.3. The van der Waals surface area contributed by atoms with Gasteiger partial charge in [-0.3, -0.25) is 4.68 Å². The molecule has 6 heteroatoms. The predicted molar refractivity (Wildman–Crippen MR) is 84.3 cm³/mol. The molecule has 0 bridgehead atoms. The van der Waals surface area contributed by atoms with E-state index >= 15 is 0 Å². The van der Waals surface area contributed by atoms with Crippen LogP contribution >= 0.6 is 0 Å². The fraction of sp³-hybridized carbons (Fsp3) is 0.375. The van der Waals surface area contributed by atoms with E-state index in [9.17, 15) is 0 Å². The fourth-order valence-electron chi connectivity index (χ4n) is 2.52. The smallest absolute Gasteiger partial charge is 0.158 e. The molecule has 0 saturated carbocycles. The van der Waals surface area contributed by atoms with Crippen LogP contribution in [0.5, 0.6) is 0 Å². The lowest BCUT2D eigenvalue weighted by molar-refractivity contribution is 0.523. The summed E-state index contributed by atoms with van der Waals surface area (Å²) in [5.74, 6) is 1.71. The highest BCUT2D eigenvalue weighted by atomic mass is 15.3. The second-order valence-corrected chi connectivity index (χ2v) is 5.31. The maximum Gasteiger partial charge on any atom is 0.158 e. The van der Waals surface area contributed by atoms with E-state index in [2.05, 4.69) is 44.5 Å². The number of rotatable bonds is 5. The highest BCUT2D eigenvalue weighted by Gasteiger charge is 2.09. The molecule has 22 heavy (non-hydrogen) atoms. The highest BCUT2D eigenvalue weighted by molar-refractivity contribution is 5.48. The van der Waals surface area contributed by atoms with Gasteiger partial charge in [0.05, 0.1) is 12.2 Å². The molecule has 0 fully saturated rings. The van der Waals surface area contributed by atoms with Gasteiger partial charge in [0.2, 0.25) is 0 Å². The van der Waals surface area contributed by atoms with E-state index in [-0.39, 0.29) is 0 Å².